The van der Waals surface area contributed by atoms with Gasteiger partial charge in [-0.3, -0.25) is 25.0 Å². The van der Waals surface area contributed by atoms with Crippen molar-refractivity contribution >= 4 is 30.8 Å². The maximum atomic E-state index is 13.9. The number of alkyl halides is 3. The van der Waals surface area contributed by atoms with E-state index in [0.717, 1.165) is 22.0 Å². The Balaban J connectivity index is 2.42. The van der Waals surface area contributed by atoms with E-state index >= 15 is 0 Å². The Kier molecular flexibility index (Phi) is 11.8. The van der Waals surface area contributed by atoms with Gasteiger partial charge in [0.25, 0.3) is 0 Å². The topological polar surface area (TPSA) is 130 Å². The SMILES string of the molecule is CCOC(=O)CN(CP(=O)(ONNc1c(F)c(F)c(F)c(F)c1F)ONNc1c(F)c(F)c(F)c(F)c1F)C(=O)C(F)(F)F. The minimum Gasteiger partial charge on any atom is -0.465 e. The molecule has 0 saturated heterocycles. The van der Waals surface area contributed by atoms with Gasteiger partial charge in [-0.25, -0.2) is 43.9 Å². The average Bonchev–Trinajstić information content (AvgIpc) is 2.95. The van der Waals surface area contributed by atoms with Crippen LogP contribution in [-0.4, -0.2) is 42.4 Å². The number of carbonyl (C=O) groups is 2. The first-order valence-electron chi connectivity index (χ1n) is 10.8. The quantitative estimate of drug-likeness (QED) is 0.0594. The molecule has 0 heterocycles. The van der Waals surface area contributed by atoms with Gasteiger partial charge in [0.1, 0.15) is 24.2 Å². The smallest absolute Gasteiger partial charge is 0.465 e. The lowest BCUT2D eigenvalue weighted by Crippen LogP contribution is -2.45. The second-order valence-corrected chi connectivity index (χ2v) is 9.45. The Bertz CT molecular complexity index is 1340. The third kappa shape index (κ3) is 8.19. The van der Waals surface area contributed by atoms with Crippen LogP contribution < -0.4 is 22.0 Å². The van der Waals surface area contributed by atoms with Crippen molar-refractivity contribution in [1.82, 2.24) is 16.1 Å². The summed E-state index contributed by atoms with van der Waals surface area (Å²) < 4.78 is 201. The number of hydrogen-bond donors (Lipinski definition) is 4. The molecule has 1 amide bonds. The van der Waals surface area contributed by atoms with Gasteiger partial charge in [-0.05, 0) is 6.92 Å². The fraction of sp³-hybridized carbons (Fsp3) is 0.263. The van der Waals surface area contributed by atoms with Gasteiger partial charge in [-0.15, -0.1) is 11.2 Å². The van der Waals surface area contributed by atoms with Gasteiger partial charge in [0.2, 0.25) is 11.6 Å². The normalized spacial score (nSPS) is 11.9. The number of ether oxygens (including phenoxy) is 1. The van der Waals surface area contributed by atoms with Crippen LogP contribution in [-0.2, 0) is 28.1 Å². The van der Waals surface area contributed by atoms with Gasteiger partial charge in [0.15, 0.2) is 46.5 Å². The van der Waals surface area contributed by atoms with E-state index in [1.54, 1.807) is 0 Å². The number of nitrogens with one attached hydrogen (secondary N) is 4. The molecule has 0 aliphatic rings. The van der Waals surface area contributed by atoms with E-state index < -0.39 is 120 Å². The van der Waals surface area contributed by atoms with Crippen LogP contribution in [0.2, 0.25) is 0 Å². The number of esters is 1. The zero-order valence-corrected chi connectivity index (χ0v) is 21.8. The van der Waals surface area contributed by atoms with Gasteiger partial charge in [0.05, 0.1) is 6.61 Å². The largest absolute Gasteiger partial charge is 0.471 e. The van der Waals surface area contributed by atoms with Gasteiger partial charge in [-0.2, -0.15) is 22.4 Å². The van der Waals surface area contributed by atoms with Crippen molar-refractivity contribution in [1.29, 1.82) is 0 Å². The number of amides is 1. The zero-order chi connectivity index (χ0) is 33.7. The van der Waals surface area contributed by atoms with Crippen LogP contribution in [0.3, 0.4) is 0 Å². The molecule has 11 nitrogen and oxygen atoms in total. The van der Waals surface area contributed by atoms with E-state index in [0.29, 0.717) is 0 Å². The van der Waals surface area contributed by atoms with Crippen LogP contribution in [0.25, 0.3) is 0 Å². The molecule has 0 fully saturated rings. The first-order chi connectivity index (χ1) is 20.3. The summed E-state index contributed by atoms with van der Waals surface area (Å²) in [7, 11) is -5.74. The lowest BCUT2D eigenvalue weighted by molar-refractivity contribution is -0.186. The minimum atomic E-state index is -5.82. The second-order valence-electron chi connectivity index (χ2n) is 7.58. The second kappa shape index (κ2) is 14.3. The molecular formula is C19H13F13N5O6P. The highest BCUT2D eigenvalue weighted by atomic mass is 31.2. The molecule has 0 aromatic heterocycles. The molecule has 2 aromatic carbocycles. The molecule has 0 aliphatic heterocycles. The number of halogens is 13. The van der Waals surface area contributed by atoms with Crippen molar-refractivity contribution in [3.05, 3.63) is 58.2 Å². The lowest BCUT2D eigenvalue weighted by atomic mass is 10.2. The fourth-order valence-electron chi connectivity index (χ4n) is 2.73. The maximum absolute atomic E-state index is 13.9. The molecule has 44 heavy (non-hydrogen) atoms. The first-order valence-corrected chi connectivity index (χ1v) is 12.5. The van der Waals surface area contributed by atoms with E-state index in [-0.39, 0.29) is 0 Å². The summed E-state index contributed by atoms with van der Waals surface area (Å²) in [5.41, 5.74) is 0.505. The molecule has 0 radical (unpaired) electrons. The number of anilines is 2. The summed E-state index contributed by atoms with van der Waals surface area (Å²) in [6.45, 7) is -0.952. The molecule has 0 saturated carbocycles. The maximum Gasteiger partial charge on any atom is 0.471 e. The van der Waals surface area contributed by atoms with Crippen LogP contribution in [0, 0.1) is 58.2 Å². The number of benzene rings is 2. The van der Waals surface area contributed by atoms with E-state index in [4.69, 9.17) is 0 Å². The highest BCUT2D eigenvalue weighted by Crippen LogP contribution is 2.47. The molecule has 2 rings (SSSR count). The Hall–Kier alpha value is -3.86. The van der Waals surface area contributed by atoms with Crippen molar-refractivity contribution < 1.29 is 85.2 Å². The fourth-order valence-corrected chi connectivity index (χ4v) is 3.90. The molecule has 4 N–H and O–H groups in total. The Morgan fingerprint density at radius 2 is 1.02 bits per heavy atom. The molecule has 0 unspecified atom stereocenters. The zero-order valence-electron chi connectivity index (χ0n) is 20.9. The molecule has 25 heteroatoms. The minimum absolute atomic E-state index is 0.460. The van der Waals surface area contributed by atoms with Gasteiger partial charge in [0, 0.05) is 0 Å². The molecule has 2 aromatic rings. The molecule has 0 aliphatic carbocycles. The Morgan fingerprint density at radius 3 is 1.34 bits per heavy atom. The van der Waals surface area contributed by atoms with Crippen molar-refractivity contribution in [2.24, 2.45) is 0 Å². The van der Waals surface area contributed by atoms with Crippen LogP contribution in [0.4, 0.5) is 68.5 Å². The van der Waals surface area contributed by atoms with Crippen LogP contribution in [0.15, 0.2) is 0 Å². The molecule has 0 atom stereocenters. The average molecular weight is 685 g/mol. The highest BCUT2D eigenvalue weighted by molar-refractivity contribution is 7.53. The van der Waals surface area contributed by atoms with Crippen molar-refractivity contribution in [3.8, 4) is 0 Å². The van der Waals surface area contributed by atoms with E-state index in [1.165, 1.54) is 6.92 Å². The molecule has 0 spiro atoms. The summed E-state index contributed by atoms with van der Waals surface area (Å²) in [6, 6.07) is 0. The predicted octanol–water partition coefficient (Wildman–Crippen LogP) is 4.58. The van der Waals surface area contributed by atoms with E-state index in [9.17, 15) is 71.2 Å². The third-order valence-electron chi connectivity index (χ3n) is 4.64. The Labute approximate surface area is 234 Å². The van der Waals surface area contributed by atoms with Crippen molar-refractivity contribution in [2.75, 3.05) is 30.3 Å². The van der Waals surface area contributed by atoms with Gasteiger partial charge >= 0.3 is 25.6 Å². The summed E-state index contributed by atoms with van der Waals surface area (Å²) in [5.74, 6) is -30.2. The van der Waals surface area contributed by atoms with Gasteiger partial charge < -0.3 is 9.64 Å². The molecule has 0 bridgehead atoms. The van der Waals surface area contributed by atoms with Crippen molar-refractivity contribution in [3.63, 3.8) is 0 Å². The number of nitrogens with zero attached hydrogens (tertiary/aromatic N) is 1. The molecular weight excluding hydrogens is 672 g/mol. The van der Waals surface area contributed by atoms with Crippen LogP contribution in [0.5, 0.6) is 0 Å². The summed E-state index contributed by atoms with van der Waals surface area (Å²) in [5, 5.41) is 0. The number of hydrogen-bond acceptors (Lipinski definition) is 10. The van der Waals surface area contributed by atoms with Crippen LogP contribution >= 0.6 is 7.60 Å². The highest BCUT2D eigenvalue weighted by Gasteiger charge is 2.46. The van der Waals surface area contributed by atoms with Crippen LogP contribution in [0.1, 0.15) is 6.92 Å². The number of rotatable bonds is 13. The summed E-state index contributed by atoms with van der Waals surface area (Å²) in [6.07, 6.45) is -7.87. The Morgan fingerprint density at radius 1 is 0.682 bits per heavy atom. The first kappa shape index (κ1) is 36.3. The lowest BCUT2D eigenvalue weighted by Gasteiger charge is -2.27. The summed E-state index contributed by atoms with van der Waals surface area (Å²) >= 11 is 0. The standard InChI is InChI=1S/C19H13F13N5O6P/c1-2-41-5(38)3-37(18(39)19(30,31)32)4-44(40,42-35-33-16-12(26)8(22)6(20)9(23)13(16)27)43-36-34-17-14(28)10(24)7(21)11(25)15(17)29/h33-36H,2-4H2,1H3. The van der Waals surface area contributed by atoms with Crippen molar-refractivity contribution in [2.45, 2.75) is 13.1 Å². The van der Waals surface area contributed by atoms with E-state index in [2.05, 4.69) is 14.0 Å². The van der Waals surface area contributed by atoms with Gasteiger partial charge in [-0.1, -0.05) is 0 Å². The summed E-state index contributed by atoms with van der Waals surface area (Å²) in [4.78, 5) is 22.9. The van der Waals surface area contributed by atoms with E-state index in [1.807, 2.05) is 0 Å². The third-order valence-corrected chi connectivity index (χ3v) is 6.07. The molecule has 246 valence electrons. The predicted molar refractivity (Wildman–Crippen MR) is 115 cm³/mol. The number of hydrazine groups is 2. The number of carbonyl (C=O) groups excluding carboxylic acids is 2. The monoisotopic (exact) mass is 685 g/mol.